The first kappa shape index (κ1) is 20.5. The molecule has 3 aromatic rings. The highest BCUT2D eigenvalue weighted by Crippen LogP contribution is 2.44. The third-order valence-electron chi connectivity index (χ3n) is 5.44. The zero-order valence-corrected chi connectivity index (χ0v) is 17.4. The molecular formula is C25H23NO5. The molecule has 0 bridgehead atoms. The van der Waals surface area contributed by atoms with Gasteiger partial charge in [0.15, 0.2) is 17.3 Å². The Kier molecular flexibility index (Phi) is 5.89. The van der Waals surface area contributed by atoms with E-state index in [9.17, 15) is 9.59 Å². The summed E-state index contributed by atoms with van der Waals surface area (Å²) in [6.45, 7) is 0.0244. The summed E-state index contributed by atoms with van der Waals surface area (Å²) in [4.78, 5) is 24.7. The quantitative estimate of drug-likeness (QED) is 0.576. The van der Waals surface area contributed by atoms with Crippen molar-refractivity contribution >= 4 is 11.9 Å². The fourth-order valence-corrected chi connectivity index (χ4v) is 3.91. The number of Topliss-reactive ketones (excluding diaryl/α,β-unsaturated/α-hetero) is 1. The largest absolute Gasteiger partial charge is 0.493 e. The Hall–Kier alpha value is -3.80. The van der Waals surface area contributed by atoms with E-state index in [2.05, 4.69) is 29.6 Å². The Morgan fingerprint density at radius 2 is 1.45 bits per heavy atom. The van der Waals surface area contributed by atoms with Gasteiger partial charge in [0.1, 0.15) is 6.61 Å². The minimum absolute atomic E-state index is 0.0281. The van der Waals surface area contributed by atoms with Crippen molar-refractivity contribution in [1.29, 1.82) is 0 Å². The first-order chi connectivity index (χ1) is 15.1. The number of fused-ring (bicyclic) bond motifs is 3. The number of methoxy groups -OCH3 is 2. The second-order valence-corrected chi connectivity index (χ2v) is 7.17. The summed E-state index contributed by atoms with van der Waals surface area (Å²) in [5.74, 6) is 0.701. The van der Waals surface area contributed by atoms with Crippen LogP contribution in [0.2, 0.25) is 0 Å². The van der Waals surface area contributed by atoms with E-state index in [0.29, 0.717) is 17.1 Å². The molecule has 1 aliphatic rings. The normalized spacial score (nSPS) is 11.9. The Balaban J connectivity index is 1.37. The van der Waals surface area contributed by atoms with Crippen molar-refractivity contribution in [2.75, 3.05) is 27.4 Å². The fourth-order valence-electron chi connectivity index (χ4n) is 3.91. The number of nitrogens with one attached hydrogen (secondary N) is 1. The van der Waals surface area contributed by atoms with Crippen molar-refractivity contribution < 1.29 is 23.8 Å². The molecule has 0 radical (unpaired) electrons. The van der Waals surface area contributed by atoms with Gasteiger partial charge < -0.3 is 19.5 Å². The lowest BCUT2D eigenvalue weighted by molar-refractivity contribution is 0.0975. The van der Waals surface area contributed by atoms with Gasteiger partial charge in [0.05, 0.1) is 20.8 Å². The zero-order valence-electron chi connectivity index (χ0n) is 17.4. The molecule has 0 fully saturated rings. The molecular weight excluding hydrogens is 394 g/mol. The lowest BCUT2D eigenvalue weighted by Crippen LogP contribution is -2.31. The van der Waals surface area contributed by atoms with Crippen LogP contribution in [-0.2, 0) is 4.74 Å². The number of benzene rings is 3. The Bertz CT molecular complexity index is 1080. The molecule has 6 nitrogen and oxygen atoms in total. The molecule has 3 aromatic carbocycles. The monoisotopic (exact) mass is 417 g/mol. The molecule has 6 heteroatoms. The van der Waals surface area contributed by atoms with Crippen molar-refractivity contribution in [3.63, 3.8) is 0 Å². The maximum Gasteiger partial charge on any atom is 0.407 e. The van der Waals surface area contributed by atoms with Gasteiger partial charge in [-0.3, -0.25) is 4.79 Å². The van der Waals surface area contributed by atoms with Crippen LogP contribution in [0, 0.1) is 0 Å². The Morgan fingerprint density at radius 1 is 0.839 bits per heavy atom. The zero-order chi connectivity index (χ0) is 21.8. The van der Waals surface area contributed by atoms with Crippen LogP contribution in [0.25, 0.3) is 11.1 Å². The van der Waals surface area contributed by atoms with Crippen LogP contribution in [0.15, 0.2) is 66.7 Å². The van der Waals surface area contributed by atoms with Gasteiger partial charge in [-0.25, -0.2) is 4.79 Å². The molecule has 0 spiro atoms. The predicted octanol–water partition coefficient (Wildman–Crippen LogP) is 4.43. The number of ether oxygens (including phenoxy) is 3. The third kappa shape index (κ3) is 4.10. The second kappa shape index (κ2) is 8.92. The number of hydrogen-bond donors (Lipinski definition) is 1. The first-order valence-corrected chi connectivity index (χ1v) is 9.96. The highest BCUT2D eigenvalue weighted by atomic mass is 16.5. The summed E-state index contributed by atoms with van der Waals surface area (Å²) in [6, 6.07) is 21.1. The van der Waals surface area contributed by atoms with Gasteiger partial charge in [0, 0.05) is 11.5 Å². The molecule has 0 aliphatic heterocycles. The van der Waals surface area contributed by atoms with E-state index in [0.717, 1.165) is 22.3 Å². The van der Waals surface area contributed by atoms with Gasteiger partial charge in [-0.15, -0.1) is 0 Å². The van der Waals surface area contributed by atoms with Crippen molar-refractivity contribution in [1.82, 2.24) is 5.32 Å². The molecule has 1 N–H and O–H groups in total. The average molecular weight is 417 g/mol. The lowest BCUT2D eigenvalue weighted by Gasteiger charge is -2.14. The van der Waals surface area contributed by atoms with E-state index < -0.39 is 6.09 Å². The third-order valence-corrected chi connectivity index (χ3v) is 5.44. The van der Waals surface area contributed by atoms with E-state index in [-0.39, 0.29) is 24.9 Å². The van der Waals surface area contributed by atoms with Crippen LogP contribution in [0.3, 0.4) is 0 Å². The number of ketones is 1. The SMILES string of the molecule is COc1ccc(C(=O)CNC(=O)OCC2c3ccccc3-c3ccccc32)cc1OC. The topological polar surface area (TPSA) is 73.9 Å². The molecule has 0 heterocycles. The van der Waals surface area contributed by atoms with Crippen molar-refractivity contribution in [3.8, 4) is 22.6 Å². The highest BCUT2D eigenvalue weighted by Gasteiger charge is 2.29. The molecule has 1 amide bonds. The maximum absolute atomic E-state index is 12.4. The van der Waals surface area contributed by atoms with E-state index in [4.69, 9.17) is 14.2 Å². The summed E-state index contributed by atoms with van der Waals surface area (Å²) >= 11 is 0. The number of alkyl carbamates (subject to hydrolysis) is 1. The molecule has 0 saturated carbocycles. The molecule has 1 aliphatic carbocycles. The van der Waals surface area contributed by atoms with Crippen molar-refractivity contribution in [2.24, 2.45) is 0 Å². The van der Waals surface area contributed by atoms with Gasteiger partial charge in [0.25, 0.3) is 0 Å². The molecule has 0 aromatic heterocycles. The van der Waals surface area contributed by atoms with Gasteiger partial charge in [0.2, 0.25) is 0 Å². The summed E-state index contributed by atoms with van der Waals surface area (Å²) < 4.78 is 15.9. The number of hydrogen-bond acceptors (Lipinski definition) is 5. The van der Waals surface area contributed by atoms with Gasteiger partial charge in [-0.2, -0.15) is 0 Å². The molecule has 0 saturated heterocycles. The molecule has 158 valence electrons. The smallest absolute Gasteiger partial charge is 0.407 e. The van der Waals surface area contributed by atoms with Crippen molar-refractivity contribution in [2.45, 2.75) is 5.92 Å². The molecule has 31 heavy (non-hydrogen) atoms. The van der Waals surface area contributed by atoms with E-state index in [1.54, 1.807) is 18.2 Å². The van der Waals surface area contributed by atoms with Crippen LogP contribution in [0.5, 0.6) is 11.5 Å². The van der Waals surface area contributed by atoms with Crippen LogP contribution < -0.4 is 14.8 Å². The van der Waals surface area contributed by atoms with Crippen LogP contribution in [0.1, 0.15) is 27.4 Å². The minimum atomic E-state index is -0.629. The van der Waals surface area contributed by atoms with Crippen LogP contribution in [-0.4, -0.2) is 39.2 Å². The maximum atomic E-state index is 12.4. The summed E-state index contributed by atoms with van der Waals surface area (Å²) in [7, 11) is 3.03. The number of carbonyl (C=O) groups excluding carboxylic acids is 2. The van der Waals surface area contributed by atoms with E-state index in [1.165, 1.54) is 14.2 Å². The second-order valence-electron chi connectivity index (χ2n) is 7.17. The number of carbonyl (C=O) groups is 2. The Morgan fingerprint density at radius 3 is 2.06 bits per heavy atom. The minimum Gasteiger partial charge on any atom is -0.493 e. The molecule has 0 atom stereocenters. The number of amides is 1. The summed E-state index contributed by atoms with van der Waals surface area (Å²) in [5.41, 5.74) is 5.01. The van der Waals surface area contributed by atoms with Gasteiger partial charge >= 0.3 is 6.09 Å². The van der Waals surface area contributed by atoms with Crippen LogP contribution >= 0.6 is 0 Å². The first-order valence-electron chi connectivity index (χ1n) is 9.96. The lowest BCUT2D eigenvalue weighted by atomic mass is 9.98. The predicted molar refractivity (Wildman–Crippen MR) is 117 cm³/mol. The number of rotatable bonds is 7. The molecule has 0 unspecified atom stereocenters. The van der Waals surface area contributed by atoms with E-state index in [1.807, 2.05) is 24.3 Å². The highest BCUT2D eigenvalue weighted by molar-refractivity contribution is 5.99. The molecule has 4 rings (SSSR count). The van der Waals surface area contributed by atoms with Gasteiger partial charge in [-0.05, 0) is 40.5 Å². The van der Waals surface area contributed by atoms with Crippen molar-refractivity contribution in [3.05, 3.63) is 83.4 Å². The summed E-state index contributed by atoms with van der Waals surface area (Å²) in [6.07, 6.45) is -0.629. The van der Waals surface area contributed by atoms with E-state index >= 15 is 0 Å². The van der Waals surface area contributed by atoms with Crippen LogP contribution in [0.4, 0.5) is 4.79 Å². The fraction of sp³-hybridized carbons (Fsp3) is 0.200. The Labute approximate surface area is 180 Å². The average Bonchev–Trinajstić information content (AvgIpc) is 3.14. The summed E-state index contributed by atoms with van der Waals surface area (Å²) in [5, 5.41) is 2.54. The van der Waals surface area contributed by atoms with Gasteiger partial charge in [-0.1, -0.05) is 48.5 Å². The standard InChI is InChI=1S/C25H23NO5/c1-29-23-12-11-16(13-24(23)30-2)22(27)14-26-25(28)31-15-21-19-9-5-3-7-17(19)18-8-4-6-10-20(18)21/h3-13,21H,14-15H2,1-2H3,(H,26,28).